The van der Waals surface area contributed by atoms with Gasteiger partial charge in [0.1, 0.15) is 46.4 Å². The van der Waals surface area contributed by atoms with Crippen molar-refractivity contribution in [3.8, 4) is 51.0 Å². The highest BCUT2D eigenvalue weighted by molar-refractivity contribution is 6.05. The Bertz CT molecular complexity index is 4620. The van der Waals surface area contributed by atoms with Crippen molar-refractivity contribution in [3.05, 3.63) is 201 Å². The fourth-order valence-corrected chi connectivity index (χ4v) is 10.3. The number of nitriles is 1. The minimum absolute atomic E-state index is 0.0228. The van der Waals surface area contributed by atoms with Crippen molar-refractivity contribution in [2.75, 3.05) is 5.73 Å². The van der Waals surface area contributed by atoms with E-state index in [-0.39, 0.29) is 80.2 Å². The number of hydrogen-bond acceptors (Lipinski definition) is 11. The maximum Gasteiger partial charge on any atom is 0.333 e. The number of imidazole rings is 1. The van der Waals surface area contributed by atoms with Crippen molar-refractivity contribution < 1.29 is 22.3 Å². The highest BCUT2D eigenvalue weighted by atomic mass is 19.1. The van der Waals surface area contributed by atoms with E-state index in [2.05, 4.69) is 17.1 Å². The first kappa shape index (κ1) is 49.0. The Morgan fingerprint density at radius 1 is 0.769 bits per heavy atom. The lowest BCUT2D eigenvalue weighted by Gasteiger charge is -2.22. The Morgan fingerprint density at radius 3 is 2.31 bits per heavy atom. The molecule has 78 heavy (non-hydrogen) atoms. The van der Waals surface area contributed by atoms with Gasteiger partial charge >= 0.3 is 5.69 Å². The minimum Gasteiger partial charge on any atom is -0.488 e. The molecule has 0 spiro atoms. The molecule has 6 aromatic heterocycles. The zero-order valence-electron chi connectivity index (χ0n) is 42.6. The van der Waals surface area contributed by atoms with Crippen molar-refractivity contribution in [1.82, 2.24) is 38.9 Å². The van der Waals surface area contributed by atoms with Crippen LogP contribution in [0.1, 0.15) is 50.9 Å². The monoisotopic (exact) mass is 1040 g/mol. The number of pyridine rings is 2. The molecule has 12 aromatic rings. The number of aryl methyl sites for hydroxylation is 1. The average molecular weight is 1040 g/mol. The van der Waals surface area contributed by atoms with Gasteiger partial charge in [-0.3, -0.25) is 23.9 Å². The van der Waals surface area contributed by atoms with E-state index < -0.39 is 34.3 Å². The van der Waals surface area contributed by atoms with Gasteiger partial charge in [-0.1, -0.05) is 48.5 Å². The van der Waals surface area contributed by atoms with Crippen LogP contribution in [0.25, 0.3) is 94.0 Å². The Hall–Kier alpha value is -9.95. The molecule has 0 fully saturated rings. The molecule has 0 aliphatic rings. The summed E-state index contributed by atoms with van der Waals surface area (Å²) in [6.45, 7) is 6.99. The molecule has 0 saturated carbocycles. The summed E-state index contributed by atoms with van der Waals surface area (Å²) in [5, 5.41) is 17.9. The van der Waals surface area contributed by atoms with Gasteiger partial charge < -0.3 is 14.9 Å². The fraction of sp³-hybridized carbons (Fsp3) is 0.148. The van der Waals surface area contributed by atoms with Crippen molar-refractivity contribution in [2.24, 2.45) is 7.05 Å². The summed E-state index contributed by atoms with van der Waals surface area (Å²) in [5.74, 6) is -1.80. The van der Waals surface area contributed by atoms with E-state index in [9.17, 15) is 23.6 Å². The molecule has 0 bridgehead atoms. The number of nitrogens with two attached hydrogens (primary N) is 1. The second kappa shape index (κ2) is 18.7. The summed E-state index contributed by atoms with van der Waals surface area (Å²) >= 11 is 0. The molecule has 12 rings (SSSR count). The number of rotatable bonds is 11. The molecule has 0 amide bonds. The lowest BCUT2D eigenvalue weighted by molar-refractivity contribution is 0.231. The van der Waals surface area contributed by atoms with Gasteiger partial charge in [0.2, 0.25) is 5.43 Å². The van der Waals surface area contributed by atoms with E-state index in [0.717, 1.165) is 39.5 Å². The predicted molar refractivity (Wildman–Crippen MR) is 294 cm³/mol. The van der Waals surface area contributed by atoms with Gasteiger partial charge in [0.05, 0.1) is 67.9 Å². The zero-order chi connectivity index (χ0) is 54.3. The molecule has 17 heteroatoms. The zero-order valence-corrected chi connectivity index (χ0v) is 42.6. The van der Waals surface area contributed by atoms with Gasteiger partial charge in [-0.15, -0.1) is 0 Å². The molecule has 0 saturated heterocycles. The Balaban J connectivity index is 0.963. The topological polar surface area (TPSA) is 186 Å². The Labute approximate surface area is 442 Å². The smallest absolute Gasteiger partial charge is 0.333 e. The lowest BCUT2D eigenvalue weighted by Crippen LogP contribution is -2.25. The Morgan fingerprint density at radius 2 is 1.54 bits per heavy atom. The van der Waals surface area contributed by atoms with Gasteiger partial charge in [-0.2, -0.15) is 10.4 Å². The number of fused-ring (bicyclic) bond motifs is 6. The summed E-state index contributed by atoms with van der Waals surface area (Å²) in [6, 6.07) is 37.8. The van der Waals surface area contributed by atoms with Gasteiger partial charge in [0, 0.05) is 41.6 Å². The van der Waals surface area contributed by atoms with Crippen molar-refractivity contribution in [2.45, 2.75) is 51.7 Å². The number of hydrogen-bond donors (Lipinski definition) is 1. The number of para-hydroxylation sites is 1. The second-order valence-electron chi connectivity index (χ2n) is 19.8. The molecular formula is C61H45F3N10O4. The van der Waals surface area contributed by atoms with Crippen LogP contribution < -0.4 is 21.6 Å². The minimum atomic E-state index is -1.29. The van der Waals surface area contributed by atoms with Gasteiger partial charge in [-0.25, -0.2) is 32.6 Å². The second-order valence-corrected chi connectivity index (χ2v) is 19.8. The maximum atomic E-state index is 15.8. The molecule has 6 aromatic carbocycles. The van der Waals surface area contributed by atoms with Gasteiger partial charge in [0.25, 0.3) is 0 Å². The summed E-state index contributed by atoms with van der Waals surface area (Å²) in [7, 11) is 1.70. The van der Waals surface area contributed by atoms with E-state index in [1.807, 2.05) is 48.7 Å². The Kier molecular flexibility index (Phi) is 11.7. The predicted octanol–water partition coefficient (Wildman–Crippen LogP) is 12.1. The van der Waals surface area contributed by atoms with Gasteiger partial charge in [0.15, 0.2) is 17.2 Å². The highest BCUT2D eigenvalue weighted by Crippen LogP contribution is 2.40. The SMILES string of the molecule is CC(C)Oc1ccc(-c2nn([C@@H](C)c3oc4ccc(F)cc4c(=O)c3-c3cccc(F)c3)c3nc(CC(C)(C#N)c4ccc(-n5c(=O)n(C)c6cnc7ccc(-c8cnc9ccccc9c8)cc7c65)cc4)nc(N)c23)cc1F. The van der Waals surface area contributed by atoms with Crippen LogP contribution >= 0.6 is 0 Å². The van der Waals surface area contributed by atoms with Crippen LogP contribution in [0.3, 0.4) is 0 Å². The number of nitrogens with zero attached hydrogens (tertiary/aromatic N) is 9. The number of halogens is 3. The molecule has 14 nitrogen and oxygen atoms in total. The third-order valence-corrected chi connectivity index (χ3v) is 14.3. The molecule has 0 aliphatic heterocycles. The first-order valence-electron chi connectivity index (χ1n) is 25.0. The molecule has 384 valence electrons. The quantitative estimate of drug-likeness (QED) is 0.130. The largest absolute Gasteiger partial charge is 0.488 e. The van der Waals surface area contributed by atoms with E-state index in [0.29, 0.717) is 33.4 Å². The van der Waals surface area contributed by atoms with Crippen LogP contribution in [0.5, 0.6) is 5.75 Å². The normalized spacial score (nSPS) is 13.0. The number of anilines is 1. The molecule has 0 radical (unpaired) electrons. The molecule has 2 atom stereocenters. The first-order chi connectivity index (χ1) is 37.6. The number of aromatic nitrogens is 8. The van der Waals surface area contributed by atoms with Gasteiger partial charge in [-0.05, 0) is 129 Å². The summed E-state index contributed by atoms with van der Waals surface area (Å²) in [4.78, 5) is 47.7. The third kappa shape index (κ3) is 8.25. The van der Waals surface area contributed by atoms with E-state index >= 15 is 4.39 Å². The summed E-state index contributed by atoms with van der Waals surface area (Å²) in [6.07, 6.45) is 3.13. The van der Waals surface area contributed by atoms with Crippen LogP contribution in [0.15, 0.2) is 160 Å². The van der Waals surface area contributed by atoms with Crippen LogP contribution in [-0.2, 0) is 18.9 Å². The maximum absolute atomic E-state index is 15.8. The van der Waals surface area contributed by atoms with Crippen LogP contribution in [0.4, 0.5) is 19.0 Å². The van der Waals surface area contributed by atoms with E-state index in [4.69, 9.17) is 34.9 Å². The molecule has 0 aliphatic carbocycles. The van der Waals surface area contributed by atoms with Crippen molar-refractivity contribution >= 4 is 60.7 Å². The number of benzene rings is 6. The van der Waals surface area contributed by atoms with Crippen LogP contribution in [0, 0.1) is 28.8 Å². The van der Waals surface area contributed by atoms with E-state index in [1.54, 1.807) is 86.5 Å². The van der Waals surface area contributed by atoms with Crippen LogP contribution in [-0.4, -0.2) is 45.0 Å². The average Bonchev–Trinajstić information content (AvgIpc) is 4.08. The first-order valence-corrected chi connectivity index (χ1v) is 25.0. The fourth-order valence-electron chi connectivity index (χ4n) is 10.3. The molecule has 1 unspecified atom stereocenters. The summed E-state index contributed by atoms with van der Waals surface area (Å²) < 4.78 is 62.1. The summed E-state index contributed by atoms with van der Waals surface area (Å²) in [5.41, 5.74) is 11.3. The van der Waals surface area contributed by atoms with Crippen LogP contribution in [0.2, 0.25) is 0 Å². The number of ether oxygens (including phenoxy) is 1. The highest BCUT2D eigenvalue weighted by Gasteiger charge is 2.32. The standard InChI is InChI=1S/C61H45F3N10O4/c1-32(2)77-50-21-14-37(26-45(50)64)54-53-58(66)69-51(70-59(53)74(71-54)33(3)57-52(36-10-8-11-40(62)24-36)56(75)44-27-41(63)17-22-49(44)78-57)28-61(4,31-65)39-15-18-42(19-16-39)73-55-43-25-34(38-23-35-9-6-7-12-46(35)67-29-38)13-20-47(43)68-30-48(55)72(5)60(73)76/h6-27,29-30,32-33H,28H2,1-5H3,(H2,66,69,70)/t33-,61?/m0/s1. The molecule has 6 heterocycles. The van der Waals surface area contributed by atoms with Crippen molar-refractivity contribution in [3.63, 3.8) is 0 Å². The lowest BCUT2D eigenvalue weighted by atomic mass is 9.80. The third-order valence-electron chi connectivity index (χ3n) is 14.3. The molecular weight excluding hydrogens is 994 g/mol. The van der Waals surface area contributed by atoms with E-state index in [1.165, 1.54) is 41.1 Å². The number of nitrogen functional groups attached to an aromatic ring is 1. The molecule has 2 N–H and O–H groups in total. The van der Waals surface area contributed by atoms with Crippen molar-refractivity contribution in [1.29, 1.82) is 5.26 Å².